The van der Waals surface area contributed by atoms with Gasteiger partial charge in [0.15, 0.2) is 0 Å². The van der Waals surface area contributed by atoms with Crippen molar-refractivity contribution in [2.24, 2.45) is 0 Å². The van der Waals surface area contributed by atoms with E-state index in [9.17, 15) is 8.42 Å². The van der Waals surface area contributed by atoms with Crippen molar-refractivity contribution in [2.45, 2.75) is 4.90 Å². The minimum atomic E-state index is -3.49. The van der Waals surface area contributed by atoms with Crippen LogP contribution in [0.2, 0.25) is 10.0 Å². The monoisotopic (exact) mass is 345 g/mol. The van der Waals surface area contributed by atoms with E-state index in [1.54, 1.807) is 24.3 Å². The molecule has 5 nitrogen and oxygen atoms in total. The smallest absolute Gasteiger partial charge is 0.244 e. The first-order valence-electron chi connectivity index (χ1n) is 5.92. The van der Waals surface area contributed by atoms with Crippen LogP contribution >= 0.6 is 23.2 Å². The molecule has 0 spiro atoms. The van der Waals surface area contributed by atoms with Crippen molar-refractivity contribution in [1.82, 2.24) is 9.29 Å². The first-order chi connectivity index (χ1) is 9.82. The van der Waals surface area contributed by atoms with Crippen molar-refractivity contribution in [1.29, 1.82) is 0 Å². The average molecular weight is 346 g/mol. The van der Waals surface area contributed by atoms with Crippen molar-refractivity contribution in [2.75, 3.05) is 19.4 Å². The lowest BCUT2D eigenvalue weighted by Gasteiger charge is -2.12. The first-order valence-corrected chi connectivity index (χ1v) is 8.11. The van der Waals surface area contributed by atoms with Gasteiger partial charge in [-0.15, -0.1) is 0 Å². The van der Waals surface area contributed by atoms with Crippen LogP contribution in [-0.4, -0.2) is 31.8 Å². The maximum absolute atomic E-state index is 11.9. The van der Waals surface area contributed by atoms with Gasteiger partial charge in [-0.1, -0.05) is 29.3 Å². The van der Waals surface area contributed by atoms with Gasteiger partial charge in [0.2, 0.25) is 10.0 Å². The SMILES string of the molecule is CN(C)S(=O)(=O)c1ccc(Nc2cccc(Cl)c2Cl)nc1. The molecule has 1 aromatic carbocycles. The molecule has 0 aliphatic heterocycles. The molecule has 0 aliphatic carbocycles. The summed E-state index contributed by atoms with van der Waals surface area (Å²) in [6, 6.07) is 8.22. The van der Waals surface area contributed by atoms with Gasteiger partial charge >= 0.3 is 0 Å². The minimum Gasteiger partial charge on any atom is -0.339 e. The van der Waals surface area contributed by atoms with Crippen LogP contribution < -0.4 is 5.32 Å². The molecular formula is C13H13Cl2N3O2S. The summed E-state index contributed by atoms with van der Waals surface area (Å²) in [5.74, 6) is 0.469. The summed E-state index contributed by atoms with van der Waals surface area (Å²) in [5, 5.41) is 3.79. The molecule has 112 valence electrons. The second-order valence-corrected chi connectivity index (χ2v) is 7.33. The normalized spacial score (nSPS) is 11.7. The molecule has 21 heavy (non-hydrogen) atoms. The van der Waals surface area contributed by atoms with Crippen molar-refractivity contribution in [3.05, 3.63) is 46.6 Å². The molecule has 2 aromatic rings. The number of hydrogen-bond donors (Lipinski definition) is 1. The number of nitrogens with one attached hydrogen (secondary N) is 1. The fourth-order valence-electron chi connectivity index (χ4n) is 1.56. The van der Waals surface area contributed by atoms with Crippen LogP contribution in [0.1, 0.15) is 0 Å². The van der Waals surface area contributed by atoms with Crippen LogP contribution in [0.4, 0.5) is 11.5 Å². The number of aromatic nitrogens is 1. The van der Waals surface area contributed by atoms with Gasteiger partial charge in [0, 0.05) is 20.3 Å². The van der Waals surface area contributed by atoms with Crippen LogP contribution in [0.5, 0.6) is 0 Å². The third-order valence-electron chi connectivity index (χ3n) is 2.73. The fourth-order valence-corrected chi connectivity index (χ4v) is 2.75. The molecule has 1 heterocycles. The molecule has 0 radical (unpaired) electrons. The van der Waals surface area contributed by atoms with Crippen LogP contribution in [-0.2, 0) is 10.0 Å². The predicted octanol–water partition coefficient (Wildman–Crippen LogP) is 3.38. The van der Waals surface area contributed by atoms with E-state index < -0.39 is 10.0 Å². The molecule has 0 atom stereocenters. The number of benzene rings is 1. The number of pyridine rings is 1. The van der Waals surface area contributed by atoms with Gasteiger partial charge in [-0.05, 0) is 24.3 Å². The van der Waals surface area contributed by atoms with Crippen molar-refractivity contribution in [3.63, 3.8) is 0 Å². The Kier molecular flexibility index (Phi) is 4.73. The van der Waals surface area contributed by atoms with E-state index in [2.05, 4.69) is 10.3 Å². The van der Waals surface area contributed by atoms with Crippen LogP contribution in [0.15, 0.2) is 41.4 Å². The summed E-state index contributed by atoms with van der Waals surface area (Å²) >= 11 is 12.0. The summed E-state index contributed by atoms with van der Waals surface area (Å²) in [7, 11) is -0.554. The van der Waals surface area contributed by atoms with Gasteiger partial charge in [-0.3, -0.25) is 0 Å². The van der Waals surface area contributed by atoms with Gasteiger partial charge in [-0.2, -0.15) is 0 Å². The van der Waals surface area contributed by atoms with Crippen molar-refractivity contribution in [3.8, 4) is 0 Å². The molecule has 0 saturated carbocycles. The number of nitrogens with zero attached hydrogens (tertiary/aromatic N) is 2. The summed E-state index contributed by atoms with van der Waals surface area (Å²) in [6.45, 7) is 0. The van der Waals surface area contributed by atoms with Crippen LogP contribution in [0.3, 0.4) is 0 Å². The van der Waals surface area contributed by atoms with Gasteiger partial charge in [-0.25, -0.2) is 17.7 Å². The molecule has 1 N–H and O–H groups in total. The van der Waals surface area contributed by atoms with Gasteiger partial charge < -0.3 is 5.32 Å². The van der Waals surface area contributed by atoms with E-state index in [0.717, 1.165) is 4.31 Å². The molecule has 0 aliphatic rings. The largest absolute Gasteiger partial charge is 0.339 e. The minimum absolute atomic E-state index is 0.121. The number of hydrogen-bond acceptors (Lipinski definition) is 4. The Morgan fingerprint density at radius 3 is 2.43 bits per heavy atom. The Bertz CT molecular complexity index is 747. The van der Waals surface area contributed by atoms with Gasteiger partial charge in [0.25, 0.3) is 0 Å². The highest BCUT2D eigenvalue weighted by Crippen LogP contribution is 2.31. The molecule has 8 heteroatoms. The molecule has 0 bridgehead atoms. The summed E-state index contributed by atoms with van der Waals surface area (Å²) in [4.78, 5) is 4.20. The third-order valence-corrected chi connectivity index (χ3v) is 5.35. The zero-order chi connectivity index (χ0) is 15.6. The van der Waals surface area contributed by atoms with Crippen molar-refractivity contribution < 1.29 is 8.42 Å². The number of sulfonamides is 1. The first kappa shape index (κ1) is 16.0. The fraction of sp³-hybridized carbons (Fsp3) is 0.154. The standard InChI is InChI=1S/C13H13Cl2N3O2S/c1-18(2)21(19,20)9-6-7-12(16-8-9)17-11-5-3-4-10(14)13(11)15/h3-8H,1-2H3,(H,16,17). The highest BCUT2D eigenvalue weighted by molar-refractivity contribution is 7.89. The summed E-state index contributed by atoms with van der Waals surface area (Å²) in [6.07, 6.45) is 1.29. The summed E-state index contributed by atoms with van der Waals surface area (Å²) in [5.41, 5.74) is 0.597. The molecule has 1 aromatic heterocycles. The third kappa shape index (κ3) is 3.47. The van der Waals surface area contributed by atoms with Crippen LogP contribution in [0.25, 0.3) is 0 Å². The van der Waals surface area contributed by atoms with Gasteiger partial charge in [0.1, 0.15) is 10.7 Å². The average Bonchev–Trinajstić information content (AvgIpc) is 2.44. The maximum atomic E-state index is 11.9. The van der Waals surface area contributed by atoms with E-state index in [4.69, 9.17) is 23.2 Å². The van der Waals surface area contributed by atoms with Gasteiger partial charge in [0.05, 0.1) is 15.7 Å². The van der Waals surface area contributed by atoms with E-state index >= 15 is 0 Å². The van der Waals surface area contributed by atoms with E-state index in [1.807, 2.05) is 0 Å². The quantitative estimate of drug-likeness (QED) is 0.922. The zero-order valence-corrected chi connectivity index (χ0v) is 13.7. The number of rotatable bonds is 4. The lowest BCUT2D eigenvalue weighted by Crippen LogP contribution is -2.22. The Morgan fingerprint density at radius 2 is 1.86 bits per heavy atom. The Morgan fingerprint density at radius 1 is 1.14 bits per heavy atom. The zero-order valence-electron chi connectivity index (χ0n) is 11.3. The number of halogens is 2. The summed E-state index contributed by atoms with van der Waals surface area (Å²) < 4.78 is 25.0. The lowest BCUT2D eigenvalue weighted by atomic mass is 10.3. The maximum Gasteiger partial charge on any atom is 0.244 e. The second kappa shape index (κ2) is 6.19. The Hall–Kier alpha value is -1.34. The lowest BCUT2D eigenvalue weighted by molar-refractivity contribution is 0.520. The van der Waals surface area contributed by atoms with E-state index in [0.29, 0.717) is 21.6 Å². The molecule has 2 rings (SSSR count). The highest BCUT2D eigenvalue weighted by atomic mass is 35.5. The predicted molar refractivity (Wildman–Crippen MR) is 84.9 cm³/mol. The Balaban J connectivity index is 2.26. The molecule has 0 fully saturated rings. The van der Waals surface area contributed by atoms with Crippen molar-refractivity contribution >= 4 is 44.7 Å². The molecule has 0 saturated heterocycles. The van der Waals surface area contributed by atoms with E-state index in [-0.39, 0.29) is 4.90 Å². The topological polar surface area (TPSA) is 62.3 Å². The van der Waals surface area contributed by atoms with Crippen LogP contribution in [0, 0.1) is 0 Å². The second-order valence-electron chi connectivity index (χ2n) is 4.39. The number of anilines is 2. The molecular weight excluding hydrogens is 333 g/mol. The van der Waals surface area contributed by atoms with E-state index in [1.165, 1.54) is 26.4 Å². The highest BCUT2D eigenvalue weighted by Gasteiger charge is 2.17. The molecule has 0 unspecified atom stereocenters. The molecule has 0 amide bonds. The Labute approximate surface area is 133 Å².